The Morgan fingerprint density at radius 1 is 0.530 bits per heavy atom. The number of benzene rings is 5. The number of hydrogen-bond acceptors (Lipinski definition) is 13. The van der Waals surface area contributed by atoms with Crippen molar-refractivity contribution in [3.63, 3.8) is 0 Å². The van der Waals surface area contributed by atoms with Gasteiger partial charge < -0.3 is 62.5 Å². The van der Waals surface area contributed by atoms with E-state index in [0.717, 1.165) is 89.1 Å². The molecule has 0 saturated heterocycles. The first-order valence-electron chi connectivity index (χ1n) is 23.4. The van der Waals surface area contributed by atoms with Gasteiger partial charge in [0.15, 0.2) is 23.0 Å². The zero-order valence-electron chi connectivity index (χ0n) is 38.0. The van der Waals surface area contributed by atoms with E-state index >= 15 is 0 Å². The topological polar surface area (TPSA) is 134 Å². The highest BCUT2D eigenvalue weighted by Gasteiger charge is 2.33. The molecule has 0 fully saturated rings. The van der Waals surface area contributed by atoms with Crippen molar-refractivity contribution in [2.24, 2.45) is 5.92 Å². The number of rotatable bonds is 10. The fraction of sp³-hybridized carbons (Fsp3) is 0.434. The zero-order chi connectivity index (χ0) is 45.2. The highest BCUT2D eigenvalue weighted by atomic mass is 16.6. The number of nitrogens with one attached hydrogen (secondary N) is 1. The van der Waals surface area contributed by atoms with Gasteiger partial charge in [-0.05, 0) is 84.3 Å². The molecule has 66 heavy (non-hydrogen) atoms. The van der Waals surface area contributed by atoms with E-state index in [0.29, 0.717) is 108 Å². The van der Waals surface area contributed by atoms with Gasteiger partial charge in [0.2, 0.25) is 0 Å². The maximum atomic E-state index is 9.01. The van der Waals surface area contributed by atoms with Gasteiger partial charge in [-0.3, -0.25) is 0 Å². The van der Waals surface area contributed by atoms with Gasteiger partial charge in [0, 0.05) is 47.4 Å². The first-order chi connectivity index (χ1) is 32.7. The Bertz CT molecular complexity index is 2350. The SMILES string of the molecule is C[C@H]1COc2ccc3cc(OCCNCCCCCCO)ccc3c2/C1=C1\c2ccccc2Oc2cc3c(cc21)OCCOCCOCCOc1ccccc1OCCOCCOCCO3. The standard InChI is InChI=1S/C53H63NO12/c1-38-37-65-47-17-14-39-34-40(60-21-19-54-18-8-2-3-9-20-55)15-16-41(39)53(47)51(38)52-42-10-4-5-11-44(42)66-48-36-50-49(35-43(48)52)63-32-28-58-24-22-56-26-30-61-45-12-6-7-13-46(45)62-31-27-57-23-25-59-29-33-64-50/h4-7,10-17,34-36,38,54-55H,2-3,8-9,18-33,37H2,1H3/b52-51+/t38-/m0/s1. The van der Waals surface area contributed by atoms with Gasteiger partial charge in [0.1, 0.15) is 56.0 Å². The second kappa shape index (κ2) is 24.8. The average molecular weight is 906 g/mol. The lowest BCUT2D eigenvalue weighted by molar-refractivity contribution is 0.0223. The number of aliphatic hydroxyl groups excluding tert-OH is 1. The second-order valence-electron chi connectivity index (χ2n) is 16.2. The normalized spacial score (nSPS) is 18.7. The Kier molecular flexibility index (Phi) is 17.7. The van der Waals surface area contributed by atoms with Crippen LogP contribution in [0.4, 0.5) is 0 Å². The van der Waals surface area contributed by atoms with Crippen LogP contribution >= 0.6 is 0 Å². The molecule has 8 rings (SSSR count). The molecule has 2 N–H and O–H groups in total. The molecule has 0 amide bonds. The zero-order valence-corrected chi connectivity index (χ0v) is 38.0. The molecular formula is C53H63NO12. The maximum absolute atomic E-state index is 9.01. The van der Waals surface area contributed by atoms with E-state index in [1.807, 2.05) is 60.7 Å². The van der Waals surface area contributed by atoms with Crippen LogP contribution in [-0.2, 0) is 18.9 Å². The summed E-state index contributed by atoms with van der Waals surface area (Å²) in [6.07, 6.45) is 4.13. The predicted molar refractivity (Wildman–Crippen MR) is 253 cm³/mol. The van der Waals surface area contributed by atoms with Crippen LogP contribution in [0.5, 0.6) is 46.0 Å². The quantitative estimate of drug-likeness (QED) is 0.127. The Hall–Kier alpha value is -5.54. The lowest BCUT2D eigenvalue weighted by Crippen LogP contribution is -2.22. The molecule has 0 aliphatic carbocycles. The molecule has 0 unspecified atom stereocenters. The Balaban J connectivity index is 1.03. The summed E-state index contributed by atoms with van der Waals surface area (Å²) in [5.41, 5.74) is 5.17. The van der Waals surface area contributed by atoms with Gasteiger partial charge in [-0.2, -0.15) is 0 Å². The van der Waals surface area contributed by atoms with E-state index < -0.39 is 0 Å². The van der Waals surface area contributed by atoms with Gasteiger partial charge in [0.25, 0.3) is 0 Å². The smallest absolute Gasteiger partial charge is 0.165 e. The fourth-order valence-electron chi connectivity index (χ4n) is 8.31. The molecule has 0 bridgehead atoms. The molecule has 13 nitrogen and oxygen atoms in total. The number of ether oxygens (including phenoxy) is 11. The van der Waals surface area contributed by atoms with Crippen molar-refractivity contribution in [3.8, 4) is 46.0 Å². The molecule has 5 aromatic carbocycles. The summed E-state index contributed by atoms with van der Waals surface area (Å²) in [5, 5.41) is 14.6. The van der Waals surface area contributed by atoms with Crippen LogP contribution < -0.4 is 38.5 Å². The molecule has 0 spiro atoms. The largest absolute Gasteiger partial charge is 0.492 e. The lowest BCUT2D eigenvalue weighted by Gasteiger charge is -2.33. The minimum Gasteiger partial charge on any atom is -0.492 e. The molecule has 3 aliphatic heterocycles. The van der Waals surface area contributed by atoms with E-state index in [1.54, 1.807) is 0 Å². The number of unbranched alkanes of at least 4 members (excludes halogenated alkanes) is 3. The van der Waals surface area contributed by atoms with Crippen LogP contribution in [0.1, 0.15) is 49.3 Å². The highest BCUT2D eigenvalue weighted by Crippen LogP contribution is 2.54. The summed E-state index contributed by atoms with van der Waals surface area (Å²) in [7, 11) is 0. The highest BCUT2D eigenvalue weighted by molar-refractivity contribution is 6.10. The van der Waals surface area contributed by atoms with E-state index in [2.05, 4.69) is 42.6 Å². The molecule has 3 heterocycles. The molecule has 0 saturated carbocycles. The lowest BCUT2D eigenvalue weighted by atomic mass is 9.79. The van der Waals surface area contributed by atoms with E-state index in [1.165, 1.54) is 5.57 Å². The molecule has 13 heteroatoms. The molecule has 1 atom stereocenters. The van der Waals surface area contributed by atoms with Crippen LogP contribution in [0.15, 0.2) is 91.0 Å². The number of hydrogen-bond donors (Lipinski definition) is 2. The third kappa shape index (κ3) is 12.5. The third-order valence-electron chi connectivity index (χ3n) is 11.5. The van der Waals surface area contributed by atoms with E-state index in [4.69, 9.17) is 57.2 Å². The second-order valence-corrected chi connectivity index (χ2v) is 16.2. The van der Waals surface area contributed by atoms with Crippen molar-refractivity contribution in [1.29, 1.82) is 0 Å². The summed E-state index contributed by atoms with van der Waals surface area (Å²) in [6.45, 7) is 9.75. The first kappa shape index (κ1) is 47.0. The Labute approximate surface area is 387 Å². The van der Waals surface area contributed by atoms with Gasteiger partial charge in [0.05, 0.1) is 59.5 Å². The van der Waals surface area contributed by atoms with Crippen LogP contribution in [0, 0.1) is 5.92 Å². The minimum absolute atomic E-state index is 0.0394. The summed E-state index contributed by atoms with van der Waals surface area (Å²) < 4.78 is 67.4. The predicted octanol–water partition coefficient (Wildman–Crippen LogP) is 8.75. The Morgan fingerprint density at radius 3 is 1.82 bits per heavy atom. The monoisotopic (exact) mass is 905 g/mol. The van der Waals surface area contributed by atoms with Gasteiger partial charge in [-0.1, -0.05) is 56.2 Å². The molecule has 0 radical (unpaired) electrons. The average Bonchev–Trinajstić information content (AvgIpc) is 3.34. The van der Waals surface area contributed by atoms with Crippen molar-refractivity contribution >= 4 is 21.9 Å². The van der Waals surface area contributed by atoms with Crippen molar-refractivity contribution in [3.05, 3.63) is 108 Å². The van der Waals surface area contributed by atoms with Crippen LogP contribution in [0.25, 0.3) is 21.9 Å². The first-order valence-corrected chi connectivity index (χ1v) is 23.4. The van der Waals surface area contributed by atoms with Crippen molar-refractivity contribution in [2.75, 3.05) is 112 Å². The summed E-state index contributed by atoms with van der Waals surface area (Å²) >= 11 is 0. The summed E-state index contributed by atoms with van der Waals surface area (Å²) in [5.74, 6) is 5.55. The molecular weight excluding hydrogens is 843 g/mol. The van der Waals surface area contributed by atoms with E-state index in [9.17, 15) is 0 Å². The minimum atomic E-state index is 0.0394. The van der Waals surface area contributed by atoms with Crippen LogP contribution in [0.3, 0.4) is 0 Å². The molecule has 3 aliphatic rings. The van der Waals surface area contributed by atoms with Gasteiger partial charge >= 0.3 is 0 Å². The molecule has 0 aromatic heterocycles. The molecule has 5 aromatic rings. The number of fused-ring (bicyclic) bond motifs is 7. The maximum Gasteiger partial charge on any atom is 0.165 e. The van der Waals surface area contributed by atoms with Crippen molar-refractivity contribution in [1.82, 2.24) is 5.32 Å². The van der Waals surface area contributed by atoms with Crippen molar-refractivity contribution < 1.29 is 57.2 Å². The van der Waals surface area contributed by atoms with E-state index in [-0.39, 0.29) is 25.7 Å². The van der Waals surface area contributed by atoms with Crippen molar-refractivity contribution in [2.45, 2.75) is 32.6 Å². The Morgan fingerprint density at radius 2 is 1.14 bits per heavy atom. The van der Waals surface area contributed by atoms with Gasteiger partial charge in [-0.15, -0.1) is 0 Å². The number of para-hydroxylation sites is 3. The molecule has 352 valence electrons. The third-order valence-corrected chi connectivity index (χ3v) is 11.5. The van der Waals surface area contributed by atoms with Crippen LogP contribution in [0.2, 0.25) is 0 Å². The number of aliphatic hydroxyl groups is 1. The van der Waals surface area contributed by atoms with Gasteiger partial charge in [-0.25, -0.2) is 0 Å². The van der Waals surface area contributed by atoms with Crippen LogP contribution in [-0.4, -0.2) is 117 Å². The fourth-order valence-corrected chi connectivity index (χ4v) is 8.31. The summed E-state index contributed by atoms with van der Waals surface area (Å²) in [4.78, 5) is 0. The summed E-state index contributed by atoms with van der Waals surface area (Å²) in [6, 6.07) is 30.2.